The van der Waals surface area contributed by atoms with Crippen LogP contribution < -0.4 is 4.74 Å². The monoisotopic (exact) mass is 345 g/mol. The molecule has 0 saturated heterocycles. The highest BCUT2D eigenvalue weighted by Crippen LogP contribution is 2.44. The molecule has 23 heavy (non-hydrogen) atoms. The van der Waals surface area contributed by atoms with Crippen LogP contribution in [0.5, 0.6) is 5.88 Å². The number of carbonyl (C=O) groups is 2. The summed E-state index contributed by atoms with van der Waals surface area (Å²) in [5.74, 6) is -2.53. The smallest absolute Gasteiger partial charge is 0.324 e. The number of hydrogen-bond donors (Lipinski definition) is 0. The summed E-state index contributed by atoms with van der Waals surface area (Å²) in [6, 6.07) is 0. The number of nitrogens with zero attached hydrogens (tertiary/aromatic N) is 1. The van der Waals surface area contributed by atoms with E-state index in [-0.39, 0.29) is 42.7 Å². The fourth-order valence-corrected chi connectivity index (χ4v) is 2.93. The molecule has 0 saturated carbocycles. The van der Waals surface area contributed by atoms with Gasteiger partial charge in [0.05, 0.1) is 20.3 Å². The van der Waals surface area contributed by atoms with Crippen molar-refractivity contribution in [1.29, 1.82) is 0 Å². The Bertz CT molecular complexity index is 631. The van der Waals surface area contributed by atoms with E-state index in [0.29, 0.717) is 5.56 Å². The van der Waals surface area contributed by atoms with Crippen LogP contribution in [0.25, 0.3) is 0 Å². The summed E-state index contributed by atoms with van der Waals surface area (Å²) in [6.07, 6.45) is -0.322. The molecular weight excluding hydrogens is 329 g/mol. The average molecular weight is 346 g/mol. The molecule has 1 aliphatic carbocycles. The molecule has 0 amide bonds. The zero-order valence-electron chi connectivity index (χ0n) is 13.1. The predicted octanol–water partition coefficient (Wildman–Crippen LogP) is 2.09. The highest BCUT2D eigenvalue weighted by atomic mass is 35.5. The van der Waals surface area contributed by atoms with Crippen molar-refractivity contribution in [3.05, 3.63) is 22.1 Å². The third kappa shape index (κ3) is 2.85. The van der Waals surface area contributed by atoms with Crippen LogP contribution in [0.3, 0.4) is 0 Å². The summed E-state index contributed by atoms with van der Waals surface area (Å²) in [4.78, 5) is 28.6. The number of rotatable bonds is 5. The first-order chi connectivity index (χ1) is 10.9. The second-order valence-electron chi connectivity index (χ2n) is 5.06. The maximum atomic E-state index is 14.4. The van der Waals surface area contributed by atoms with Crippen molar-refractivity contribution in [2.24, 2.45) is 5.41 Å². The Labute approximate surface area is 137 Å². The molecule has 0 aliphatic heterocycles. The molecule has 1 aromatic heterocycles. The van der Waals surface area contributed by atoms with Gasteiger partial charge in [-0.05, 0) is 19.4 Å². The second kappa shape index (κ2) is 6.70. The lowest BCUT2D eigenvalue weighted by molar-refractivity contribution is -0.171. The third-order valence-corrected chi connectivity index (χ3v) is 4.06. The molecular formula is C15H17ClFNO5. The summed E-state index contributed by atoms with van der Waals surface area (Å²) in [6.45, 7) is 3.43. The summed E-state index contributed by atoms with van der Waals surface area (Å²) in [5.41, 5.74) is -1.22. The Balaban J connectivity index is 2.52. The molecule has 8 heteroatoms. The minimum Gasteiger partial charge on any atom is -0.479 e. The van der Waals surface area contributed by atoms with Crippen molar-refractivity contribution < 1.29 is 28.2 Å². The van der Waals surface area contributed by atoms with Crippen LogP contribution in [0.15, 0.2) is 0 Å². The Morgan fingerprint density at radius 1 is 1.17 bits per heavy atom. The van der Waals surface area contributed by atoms with E-state index in [1.165, 1.54) is 7.11 Å². The Morgan fingerprint density at radius 2 is 1.70 bits per heavy atom. The summed E-state index contributed by atoms with van der Waals surface area (Å²) >= 11 is 6.05. The molecule has 1 heterocycles. The van der Waals surface area contributed by atoms with Gasteiger partial charge in [0.15, 0.2) is 11.2 Å². The summed E-state index contributed by atoms with van der Waals surface area (Å²) in [7, 11) is 1.26. The number of esters is 2. The Hall–Kier alpha value is -1.89. The largest absolute Gasteiger partial charge is 0.479 e. The average Bonchev–Trinajstić information content (AvgIpc) is 2.94. The molecule has 0 bridgehead atoms. The first kappa shape index (κ1) is 17.5. The minimum absolute atomic E-state index is 0.00581. The van der Waals surface area contributed by atoms with Gasteiger partial charge >= 0.3 is 11.9 Å². The number of hydrogen-bond acceptors (Lipinski definition) is 6. The number of ether oxygens (including phenoxy) is 3. The lowest BCUT2D eigenvalue weighted by atomic mass is 9.84. The van der Waals surface area contributed by atoms with Crippen molar-refractivity contribution in [3.63, 3.8) is 0 Å². The van der Waals surface area contributed by atoms with Crippen molar-refractivity contribution in [2.45, 2.75) is 26.7 Å². The van der Waals surface area contributed by atoms with Gasteiger partial charge in [-0.1, -0.05) is 11.6 Å². The van der Waals surface area contributed by atoms with Crippen LogP contribution in [0.4, 0.5) is 4.39 Å². The SMILES string of the molecule is CCOC(=O)C1(C(=O)OCC)Cc2c(Cl)nc(OC)c(F)c2C1. The number of fused-ring (bicyclic) bond motifs is 1. The molecule has 2 rings (SSSR count). The first-order valence-corrected chi connectivity index (χ1v) is 7.54. The lowest BCUT2D eigenvalue weighted by Crippen LogP contribution is -2.43. The quantitative estimate of drug-likeness (QED) is 0.462. The maximum Gasteiger partial charge on any atom is 0.324 e. The first-order valence-electron chi connectivity index (χ1n) is 7.16. The lowest BCUT2D eigenvalue weighted by Gasteiger charge is -2.23. The number of methoxy groups -OCH3 is 1. The van der Waals surface area contributed by atoms with E-state index in [9.17, 15) is 14.0 Å². The van der Waals surface area contributed by atoms with Gasteiger partial charge in [0.25, 0.3) is 5.88 Å². The van der Waals surface area contributed by atoms with E-state index in [1.54, 1.807) is 13.8 Å². The number of carbonyl (C=O) groups excluding carboxylic acids is 2. The standard InChI is InChI=1S/C15H17ClFNO5/c1-4-22-13(19)15(14(20)23-5-2)6-8-9(7-15)11(16)18-12(21-3)10(8)17/h4-7H2,1-3H3. The fraction of sp³-hybridized carbons (Fsp3) is 0.533. The fourth-order valence-electron chi connectivity index (χ4n) is 2.67. The van der Waals surface area contributed by atoms with E-state index in [1.807, 2.05) is 0 Å². The van der Waals surface area contributed by atoms with Gasteiger partial charge in [-0.3, -0.25) is 9.59 Å². The summed E-state index contributed by atoms with van der Waals surface area (Å²) in [5, 5.41) is -0.00581. The molecule has 1 aromatic rings. The number of halogens is 2. The molecule has 126 valence electrons. The van der Waals surface area contributed by atoms with Crippen LogP contribution in [0.2, 0.25) is 5.15 Å². The number of pyridine rings is 1. The van der Waals surface area contributed by atoms with Crippen LogP contribution in [0.1, 0.15) is 25.0 Å². The number of aromatic nitrogens is 1. The highest BCUT2D eigenvalue weighted by Gasteiger charge is 2.55. The van der Waals surface area contributed by atoms with Gasteiger partial charge in [-0.2, -0.15) is 4.98 Å². The maximum absolute atomic E-state index is 14.4. The van der Waals surface area contributed by atoms with E-state index in [2.05, 4.69) is 4.98 Å². The van der Waals surface area contributed by atoms with E-state index in [4.69, 9.17) is 25.8 Å². The van der Waals surface area contributed by atoms with Gasteiger partial charge < -0.3 is 14.2 Å². The van der Waals surface area contributed by atoms with Crippen molar-refractivity contribution in [2.75, 3.05) is 20.3 Å². The van der Waals surface area contributed by atoms with Crippen LogP contribution in [-0.4, -0.2) is 37.2 Å². The molecule has 0 fully saturated rings. The normalized spacial score (nSPS) is 15.0. The Morgan fingerprint density at radius 3 is 2.17 bits per heavy atom. The van der Waals surface area contributed by atoms with Crippen LogP contribution in [-0.2, 0) is 31.9 Å². The summed E-state index contributed by atoms with van der Waals surface area (Å²) < 4.78 is 29.3. The van der Waals surface area contributed by atoms with E-state index in [0.717, 1.165) is 0 Å². The van der Waals surface area contributed by atoms with Crippen LogP contribution in [0, 0.1) is 11.2 Å². The minimum atomic E-state index is -1.65. The van der Waals surface area contributed by atoms with Crippen molar-refractivity contribution >= 4 is 23.5 Å². The zero-order chi connectivity index (χ0) is 17.2. The molecule has 6 nitrogen and oxygen atoms in total. The van der Waals surface area contributed by atoms with Crippen molar-refractivity contribution in [3.8, 4) is 5.88 Å². The topological polar surface area (TPSA) is 74.7 Å². The highest BCUT2D eigenvalue weighted by molar-refractivity contribution is 6.30. The Kier molecular flexibility index (Phi) is 5.09. The molecule has 0 unspecified atom stereocenters. The van der Waals surface area contributed by atoms with E-state index < -0.39 is 23.2 Å². The van der Waals surface area contributed by atoms with Crippen LogP contribution >= 0.6 is 11.6 Å². The predicted molar refractivity (Wildman–Crippen MR) is 78.9 cm³/mol. The molecule has 0 N–H and O–H groups in total. The molecule has 1 aliphatic rings. The van der Waals surface area contributed by atoms with E-state index >= 15 is 0 Å². The van der Waals surface area contributed by atoms with Crippen molar-refractivity contribution in [1.82, 2.24) is 4.98 Å². The van der Waals surface area contributed by atoms with Gasteiger partial charge in [0.1, 0.15) is 5.15 Å². The van der Waals surface area contributed by atoms with Gasteiger partial charge in [-0.25, -0.2) is 4.39 Å². The molecule has 0 spiro atoms. The van der Waals surface area contributed by atoms with Gasteiger partial charge in [0.2, 0.25) is 0 Å². The second-order valence-corrected chi connectivity index (χ2v) is 5.42. The zero-order valence-corrected chi connectivity index (χ0v) is 13.8. The molecule has 0 radical (unpaired) electrons. The molecule has 0 aromatic carbocycles. The van der Waals surface area contributed by atoms with Gasteiger partial charge in [0, 0.05) is 18.4 Å². The third-order valence-electron chi connectivity index (χ3n) is 3.75. The molecule has 0 atom stereocenters. The van der Waals surface area contributed by atoms with Gasteiger partial charge in [-0.15, -0.1) is 0 Å².